The highest BCUT2D eigenvalue weighted by molar-refractivity contribution is 7.99. The fourth-order valence-electron chi connectivity index (χ4n) is 1.48. The minimum atomic E-state index is -4.41. The van der Waals surface area contributed by atoms with Crippen molar-refractivity contribution in [3.8, 4) is 0 Å². The van der Waals surface area contributed by atoms with Crippen LogP contribution >= 0.6 is 11.8 Å². The van der Waals surface area contributed by atoms with Crippen molar-refractivity contribution < 1.29 is 17.6 Å². The molecule has 2 rings (SSSR count). The molecule has 1 aromatic carbocycles. The van der Waals surface area contributed by atoms with Crippen LogP contribution in [0.25, 0.3) is 0 Å². The van der Waals surface area contributed by atoms with Crippen molar-refractivity contribution in [3.05, 3.63) is 47.4 Å². The predicted octanol–water partition coefficient (Wildman–Crippen LogP) is 4.28. The summed E-state index contributed by atoms with van der Waals surface area (Å²) in [5, 5.41) is 0.357. The van der Waals surface area contributed by atoms with Crippen LogP contribution in [-0.2, 0) is 6.18 Å². The van der Waals surface area contributed by atoms with Gasteiger partial charge in [-0.3, -0.25) is 0 Å². The smallest absolute Gasteiger partial charge is 0.398 e. The van der Waals surface area contributed by atoms with E-state index in [-0.39, 0.29) is 5.69 Å². The third-order valence-corrected chi connectivity index (χ3v) is 3.59. The van der Waals surface area contributed by atoms with Crippen molar-refractivity contribution in [2.75, 3.05) is 5.73 Å². The Balaban J connectivity index is 2.25. The number of nitrogens with zero attached hydrogens (tertiary/aromatic N) is 1. The van der Waals surface area contributed by atoms with E-state index in [1.165, 1.54) is 18.2 Å². The molecule has 2 nitrogen and oxygen atoms in total. The van der Waals surface area contributed by atoms with E-state index in [1.807, 2.05) is 0 Å². The maximum Gasteiger partial charge on any atom is 0.417 e. The first-order valence-corrected chi connectivity index (χ1v) is 6.36. The van der Waals surface area contributed by atoms with E-state index in [9.17, 15) is 17.6 Å². The molecule has 0 aliphatic rings. The summed E-state index contributed by atoms with van der Waals surface area (Å²) in [5.41, 5.74) is 5.49. The average molecular weight is 302 g/mol. The zero-order valence-corrected chi connectivity index (χ0v) is 11.1. The van der Waals surface area contributed by atoms with Crippen LogP contribution in [0.15, 0.2) is 40.4 Å². The highest BCUT2D eigenvalue weighted by atomic mass is 32.2. The summed E-state index contributed by atoms with van der Waals surface area (Å²) in [6.45, 7) is 1.58. The van der Waals surface area contributed by atoms with E-state index in [2.05, 4.69) is 4.98 Å². The molecule has 0 spiro atoms. The highest BCUT2D eigenvalue weighted by Gasteiger charge is 2.30. The predicted molar refractivity (Wildman–Crippen MR) is 68.9 cm³/mol. The first kappa shape index (κ1) is 14.6. The number of rotatable bonds is 2. The van der Waals surface area contributed by atoms with Gasteiger partial charge in [-0.1, -0.05) is 11.8 Å². The summed E-state index contributed by atoms with van der Waals surface area (Å²) in [7, 11) is 0. The molecule has 0 fully saturated rings. The molecule has 0 atom stereocenters. The fourth-order valence-corrected chi connectivity index (χ4v) is 2.36. The molecule has 2 aromatic rings. The van der Waals surface area contributed by atoms with Crippen molar-refractivity contribution in [1.29, 1.82) is 0 Å². The van der Waals surface area contributed by atoms with Crippen LogP contribution in [0.3, 0.4) is 0 Å². The third kappa shape index (κ3) is 3.22. The standard InChI is InChI=1S/C13H10F4N2S/c1-7-4-11(10(18)5-9(7)14)20-12-3-2-8(6-19-12)13(15,16)17/h2-6H,18H2,1H3. The summed E-state index contributed by atoms with van der Waals surface area (Å²) in [6.07, 6.45) is -3.66. The number of nitrogens with two attached hydrogens (primary N) is 1. The second-order valence-corrected chi connectivity index (χ2v) is 5.19. The molecule has 2 N–H and O–H groups in total. The largest absolute Gasteiger partial charge is 0.417 e. The molecule has 0 bridgehead atoms. The first-order chi connectivity index (χ1) is 9.27. The molecule has 0 aliphatic carbocycles. The Labute approximate surface area is 117 Å². The number of anilines is 1. The molecule has 0 aliphatic heterocycles. The van der Waals surface area contributed by atoms with Gasteiger partial charge in [-0.25, -0.2) is 9.37 Å². The van der Waals surface area contributed by atoms with Crippen LogP contribution in [-0.4, -0.2) is 4.98 Å². The number of aryl methyl sites for hydroxylation is 1. The van der Waals surface area contributed by atoms with Gasteiger partial charge in [0, 0.05) is 16.8 Å². The summed E-state index contributed by atoms with van der Waals surface area (Å²) >= 11 is 1.09. The molecule has 7 heteroatoms. The number of aromatic nitrogens is 1. The molecular weight excluding hydrogens is 292 g/mol. The number of hydrogen-bond donors (Lipinski definition) is 1. The fraction of sp³-hybridized carbons (Fsp3) is 0.154. The maximum absolute atomic E-state index is 13.3. The Hall–Kier alpha value is -1.76. The lowest BCUT2D eigenvalue weighted by Gasteiger charge is -2.09. The van der Waals surface area contributed by atoms with Gasteiger partial charge in [-0.2, -0.15) is 13.2 Å². The van der Waals surface area contributed by atoms with Crippen LogP contribution in [0.5, 0.6) is 0 Å². The van der Waals surface area contributed by atoms with E-state index in [1.54, 1.807) is 6.92 Å². The molecule has 0 saturated heterocycles. The van der Waals surface area contributed by atoms with E-state index >= 15 is 0 Å². The molecule has 0 saturated carbocycles. The van der Waals surface area contributed by atoms with Crippen molar-refractivity contribution >= 4 is 17.4 Å². The van der Waals surface area contributed by atoms with Gasteiger partial charge in [0.2, 0.25) is 0 Å². The molecule has 1 heterocycles. The minimum absolute atomic E-state index is 0.222. The van der Waals surface area contributed by atoms with Gasteiger partial charge in [0.25, 0.3) is 0 Å². The van der Waals surface area contributed by atoms with Crippen LogP contribution < -0.4 is 5.73 Å². The van der Waals surface area contributed by atoms with Crippen LogP contribution in [0.1, 0.15) is 11.1 Å². The average Bonchev–Trinajstić information content (AvgIpc) is 2.35. The Bertz CT molecular complexity index is 624. The Morgan fingerprint density at radius 1 is 1.20 bits per heavy atom. The minimum Gasteiger partial charge on any atom is -0.398 e. The second kappa shape index (κ2) is 5.32. The van der Waals surface area contributed by atoms with Gasteiger partial charge < -0.3 is 5.73 Å². The normalized spacial score (nSPS) is 11.7. The molecule has 20 heavy (non-hydrogen) atoms. The quantitative estimate of drug-likeness (QED) is 0.664. The van der Waals surface area contributed by atoms with Crippen molar-refractivity contribution in [1.82, 2.24) is 4.98 Å². The molecular formula is C13H10F4N2S. The summed E-state index contributed by atoms with van der Waals surface area (Å²) in [6, 6.07) is 4.92. The van der Waals surface area contributed by atoms with E-state index in [4.69, 9.17) is 5.73 Å². The molecule has 1 aromatic heterocycles. The van der Waals surface area contributed by atoms with Gasteiger partial charge in [-0.15, -0.1) is 0 Å². The third-order valence-electron chi connectivity index (χ3n) is 2.57. The number of pyridine rings is 1. The lowest BCUT2D eigenvalue weighted by atomic mass is 10.2. The van der Waals surface area contributed by atoms with Gasteiger partial charge in [0.1, 0.15) is 10.8 Å². The second-order valence-electron chi connectivity index (χ2n) is 4.12. The Morgan fingerprint density at radius 2 is 1.90 bits per heavy atom. The van der Waals surface area contributed by atoms with Crippen molar-refractivity contribution in [2.24, 2.45) is 0 Å². The lowest BCUT2D eigenvalue weighted by Crippen LogP contribution is -2.05. The lowest BCUT2D eigenvalue weighted by molar-refractivity contribution is -0.137. The summed E-state index contributed by atoms with van der Waals surface area (Å²) in [5.74, 6) is -0.424. The monoisotopic (exact) mass is 302 g/mol. The topological polar surface area (TPSA) is 38.9 Å². The highest BCUT2D eigenvalue weighted by Crippen LogP contribution is 2.34. The van der Waals surface area contributed by atoms with Crippen LogP contribution in [0.2, 0.25) is 0 Å². The maximum atomic E-state index is 13.3. The van der Waals surface area contributed by atoms with E-state index < -0.39 is 17.6 Å². The molecule has 0 unspecified atom stereocenters. The zero-order chi connectivity index (χ0) is 14.9. The van der Waals surface area contributed by atoms with E-state index in [0.29, 0.717) is 15.5 Å². The molecule has 106 valence electrons. The van der Waals surface area contributed by atoms with Gasteiger partial charge in [-0.05, 0) is 36.8 Å². The number of alkyl halides is 3. The van der Waals surface area contributed by atoms with Gasteiger partial charge in [0.15, 0.2) is 0 Å². The van der Waals surface area contributed by atoms with Gasteiger partial charge in [0.05, 0.1) is 5.56 Å². The van der Waals surface area contributed by atoms with Crippen LogP contribution in [0.4, 0.5) is 23.2 Å². The zero-order valence-electron chi connectivity index (χ0n) is 10.3. The number of halogens is 4. The summed E-state index contributed by atoms with van der Waals surface area (Å²) < 4.78 is 50.5. The SMILES string of the molecule is Cc1cc(Sc2ccc(C(F)(F)F)cn2)c(N)cc1F. The summed E-state index contributed by atoms with van der Waals surface area (Å²) in [4.78, 5) is 4.28. The van der Waals surface area contributed by atoms with E-state index in [0.717, 1.165) is 24.0 Å². The van der Waals surface area contributed by atoms with Crippen LogP contribution in [0, 0.1) is 12.7 Å². The number of hydrogen-bond acceptors (Lipinski definition) is 3. The molecule has 0 amide bonds. The molecule has 0 radical (unpaired) electrons. The number of nitrogen functional groups attached to an aromatic ring is 1. The Morgan fingerprint density at radius 3 is 2.45 bits per heavy atom. The van der Waals surface area contributed by atoms with Crippen molar-refractivity contribution in [2.45, 2.75) is 23.0 Å². The Kier molecular flexibility index (Phi) is 3.89. The first-order valence-electron chi connectivity index (χ1n) is 5.54. The van der Waals surface area contributed by atoms with Crippen molar-refractivity contribution in [3.63, 3.8) is 0 Å². The number of benzene rings is 1. The van der Waals surface area contributed by atoms with Gasteiger partial charge >= 0.3 is 6.18 Å².